The number of amides is 2. The van der Waals surface area contributed by atoms with Crippen molar-refractivity contribution in [2.45, 2.75) is 85.1 Å². The van der Waals surface area contributed by atoms with E-state index in [9.17, 15) is 14.9 Å². The Kier molecular flexibility index (Phi) is 8.30. The molecule has 4 rings (SSSR count). The van der Waals surface area contributed by atoms with Gasteiger partial charge in [0, 0.05) is 18.1 Å². The van der Waals surface area contributed by atoms with E-state index in [1.54, 1.807) is 20.0 Å². The summed E-state index contributed by atoms with van der Waals surface area (Å²) in [6, 6.07) is 11.4. The van der Waals surface area contributed by atoms with Crippen LogP contribution in [0.5, 0.6) is 5.75 Å². The van der Waals surface area contributed by atoms with Crippen molar-refractivity contribution in [2.75, 3.05) is 0 Å². The van der Waals surface area contributed by atoms with Crippen molar-refractivity contribution in [3.63, 3.8) is 0 Å². The molecule has 0 spiro atoms. The van der Waals surface area contributed by atoms with Gasteiger partial charge in [-0.25, -0.2) is 19.7 Å². The highest BCUT2D eigenvalue weighted by Crippen LogP contribution is 2.27. The maximum absolute atomic E-state index is 12.4. The van der Waals surface area contributed by atoms with Gasteiger partial charge in [0.15, 0.2) is 5.60 Å². The van der Waals surface area contributed by atoms with Crippen LogP contribution in [-0.4, -0.2) is 37.0 Å². The van der Waals surface area contributed by atoms with Crippen molar-refractivity contribution >= 4 is 23.0 Å². The fraction of sp³-hybridized carbons (Fsp3) is 0.483. The highest BCUT2D eigenvalue weighted by Gasteiger charge is 2.46. The molecule has 38 heavy (non-hydrogen) atoms. The number of aryl methyl sites for hydroxylation is 1. The average Bonchev–Trinajstić information content (AvgIpc) is 3.35. The molecule has 0 radical (unpaired) electrons. The van der Waals surface area contributed by atoms with Crippen molar-refractivity contribution in [3.8, 4) is 11.8 Å². The number of carbonyl (C=O) groups is 2. The van der Waals surface area contributed by atoms with Gasteiger partial charge in [0.05, 0.1) is 12.2 Å². The number of fused-ring (bicyclic) bond motifs is 1. The lowest BCUT2D eigenvalue weighted by molar-refractivity contribution is -0.134. The SMILES string of the molecule is CCCCC(CC)CCn1c(COc2ccc(CN3C(=O)OC(C)(C)C3=O)cc2)cc2cnc(C#N)nc21. The summed E-state index contributed by atoms with van der Waals surface area (Å²) in [7, 11) is 0. The van der Waals surface area contributed by atoms with E-state index in [2.05, 4.69) is 28.4 Å². The molecule has 3 heterocycles. The zero-order valence-corrected chi connectivity index (χ0v) is 22.6. The Morgan fingerprint density at radius 2 is 1.92 bits per heavy atom. The molecule has 2 aromatic heterocycles. The molecule has 200 valence electrons. The maximum atomic E-state index is 12.4. The minimum absolute atomic E-state index is 0.145. The quantitative estimate of drug-likeness (QED) is 0.301. The third-order valence-corrected chi connectivity index (χ3v) is 7.10. The third kappa shape index (κ3) is 5.96. The van der Waals surface area contributed by atoms with E-state index in [0.717, 1.165) is 46.6 Å². The minimum Gasteiger partial charge on any atom is -0.487 e. The molecule has 0 saturated carbocycles. The summed E-state index contributed by atoms with van der Waals surface area (Å²) < 4.78 is 13.4. The largest absolute Gasteiger partial charge is 0.487 e. The Morgan fingerprint density at radius 1 is 1.16 bits per heavy atom. The fourth-order valence-electron chi connectivity index (χ4n) is 4.77. The third-order valence-electron chi connectivity index (χ3n) is 7.10. The molecule has 1 saturated heterocycles. The maximum Gasteiger partial charge on any atom is 0.418 e. The lowest BCUT2D eigenvalue weighted by Crippen LogP contribution is -2.35. The molecule has 1 unspecified atom stereocenters. The molecule has 0 N–H and O–H groups in total. The van der Waals surface area contributed by atoms with Gasteiger partial charge in [-0.1, -0.05) is 51.7 Å². The Morgan fingerprint density at radius 3 is 2.55 bits per heavy atom. The second kappa shape index (κ2) is 11.6. The van der Waals surface area contributed by atoms with E-state index < -0.39 is 11.7 Å². The number of benzene rings is 1. The van der Waals surface area contributed by atoms with Gasteiger partial charge in [-0.15, -0.1) is 0 Å². The molecule has 0 aliphatic carbocycles. The normalized spacial score (nSPS) is 15.5. The monoisotopic (exact) mass is 517 g/mol. The molecule has 1 fully saturated rings. The van der Waals surface area contributed by atoms with Gasteiger partial charge in [-0.05, 0) is 49.9 Å². The van der Waals surface area contributed by atoms with E-state index >= 15 is 0 Å². The number of cyclic esters (lactones) is 1. The molecule has 9 nitrogen and oxygen atoms in total. The number of ether oxygens (including phenoxy) is 2. The van der Waals surface area contributed by atoms with Crippen molar-refractivity contribution < 1.29 is 19.1 Å². The van der Waals surface area contributed by atoms with Crippen LogP contribution in [0.4, 0.5) is 4.79 Å². The highest BCUT2D eigenvalue weighted by atomic mass is 16.6. The summed E-state index contributed by atoms with van der Waals surface area (Å²) in [6.45, 7) is 8.89. The lowest BCUT2D eigenvalue weighted by atomic mass is 9.96. The number of unbranched alkanes of at least 4 members (excludes halogenated alkanes) is 1. The number of hydrogen-bond acceptors (Lipinski definition) is 7. The van der Waals surface area contributed by atoms with Gasteiger partial charge in [0.25, 0.3) is 5.91 Å². The van der Waals surface area contributed by atoms with E-state index in [1.807, 2.05) is 36.4 Å². The first-order chi connectivity index (χ1) is 18.2. The van der Waals surface area contributed by atoms with Crippen molar-refractivity contribution in [3.05, 3.63) is 53.6 Å². The number of aromatic nitrogens is 3. The van der Waals surface area contributed by atoms with Crippen LogP contribution >= 0.6 is 0 Å². The molecule has 1 aromatic carbocycles. The molecule has 2 amide bonds. The van der Waals surface area contributed by atoms with Crippen LogP contribution in [0.2, 0.25) is 0 Å². The molecular formula is C29H35N5O4. The first-order valence-corrected chi connectivity index (χ1v) is 13.3. The lowest BCUT2D eigenvalue weighted by Gasteiger charge is -2.17. The van der Waals surface area contributed by atoms with Crippen LogP contribution in [0.1, 0.15) is 76.9 Å². The molecule has 1 aliphatic rings. The average molecular weight is 518 g/mol. The Bertz CT molecular complexity index is 1340. The van der Waals surface area contributed by atoms with Crippen LogP contribution in [0.25, 0.3) is 11.0 Å². The second-order valence-electron chi connectivity index (χ2n) is 10.3. The molecule has 1 atom stereocenters. The minimum atomic E-state index is -1.13. The fourth-order valence-corrected chi connectivity index (χ4v) is 4.77. The van der Waals surface area contributed by atoms with E-state index in [4.69, 9.17) is 9.47 Å². The summed E-state index contributed by atoms with van der Waals surface area (Å²) >= 11 is 0. The number of nitriles is 1. The summed E-state index contributed by atoms with van der Waals surface area (Å²) in [5, 5.41) is 10.2. The molecule has 1 aliphatic heterocycles. The first-order valence-electron chi connectivity index (χ1n) is 13.3. The first kappa shape index (κ1) is 27.1. The molecule has 0 bridgehead atoms. The van der Waals surface area contributed by atoms with Gasteiger partial charge in [-0.2, -0.15) is 5.26 Å². The van der Waals surface area contributed by atoms with E-state index in [1.165, 1.54) is 19.3 Å². The van der Waals surface area contributed by atoms with Crippen molar-refractivity contribution in [2.24, 2.45) is 5.92 Å². The van der Waals surface area contributed by atoms with Crippen LogP contribution in [-0.2, 0) is 29.2 Å². The van der Waals surface area contributed by atoms with Crippen LogP contribution < -0.4 is 4.74 Å². The zero-order chi connectivity index (χ0) is 27.3. The summed E-state index contributed by atoms with van der Waals surface area (Å²) in [4.78, 5) is 34.2. The van der Waals surface area contributed by atoms with Crippen molar-refractivity contribution in [1.82, 2.24) is 19.4 Å². The number of rotatable bonds is 12. The highest BCUT2D eigenvalue weighted by molar-refractivity contribution is 6.02. The predicted octanol–water partition coefficient (Wildman–Crippen LogP) is 5.75. The van der Waals surface area contributed by atoms with E-state index in [-0.39, 0.29) is 18.3 Å². The standard InChI is InChI=1S/C29H35N5O4/c1-5-7-8-20(6-2)13-14-33-23(15-22-17-31-25(16-30)32-26(22)33)19-37-24-11-9-21(10-12-24)18-34-27(35)29(3,4)38-28(34)36/h9-12,15,17,20H,5-8,13-14,18-19H2,1-4H3. The van der Waals surface area contributed by atoms with Gasteiger partial charge in [-0.3, -0.25) is 4.79 Å². The number of hydrogen-bond donors (Lipinski definition) is 0. The Hall–Kier alpha value is -3.93. The van der Waals surface area contributed by atoms with Crippen LogP contribution in [0.3, 0.4) is 0 Å². The summed E-state index contributed by atoms with van der Waals surface area (Å²) in [6.07, 6.45) is 6.85. The topological polar surface area (TPSA) is 110 Å². The van der Waals surface area contributed by atoms with E-state index in [0.29, 0.717) is 18.3 Å². The molecular weight excluding hydrogens is 482 g/mol. The summed E-state index contributed by atoms with van der Waals surface area (Å²) in [5.41, 5.74) is 1.38. The van der Waals surface area contributed by atoms with Crippen LogP contribution in [0, 0.1) is 17.2 Å². The van der Waals surface area contributed by atoms with Crippen molar-refractivity contribution in [1.29, 1.82) is 5.26 Å². The molecule has 9 heteroatoms. The van der Waals surface area contributed by atoms with Gasteiger partial charge in [0.1, 0.15) is 24.1 Å². The second-order valence-corrected chi connectivity index (χ2v) is 10.3. The Labute approximate surface area is 223 Å². The Balaban J connectivity index is 1.47. The number of carbonyl (C=O) groups excluding carboxylic acids is 2. The van der Waals surface area contributed by atoms with Gasteiger partial charge < -0.3 is 14.0 Å². The zero-order valence-electron chi connectivity index (χ0n) is 22.6. The smallest absolute Gasteiger partial charge is 0.418 e. The number of imide groups is 1. The predicted molar refractivity (Wildman–Crippen MR) is 142 cm³/mol. The van der Waals surface area contributed by atoms with Gasteiger partial charge in [0.2, 0.25) is 5.82 Å². The summed E-state index contributed by atoms with van der Waals surface area (Å²) in [5.74, 6) is 1.11. The molecule has 3 aromatic rings. The number of nitrogens with zero attached hydrogens (tertiary/aromatic N) is 5. The van der Waals surface area contributed by atoms with Gasteiger partial charge >= 0.3 is 6.09 Å². The van der Waals surface area contributed by atoms with Crippen LogP contribution in [0.15, 0.2) is 36.5 Å².